The van der Waals surface area contributed by atoms with Gasteiger partial charge < -0.3 is 14.6 Å². The van der Waals surface area contributed by atoms with Gasteiger partial charge in [0, 0.05) is 12.5 Å². The molecule has 1 N–H and O–H groups in total. The Bertz CT molecular complexity index is 727. The van der Waals surface area contributed by atoms with E-state index >= 15 is 0 Å². The fourth-order valence-corrected chi connectivity index (χ4v) is 1.91. The maximum absolute atomic E-state index is 13.6. The molecule has 0 aliphatic heterocycles. The average Bonchev–Trinajstić information content (AvgIpc) is 2.52. The van der Waals surface area contributed by atoms with Gasteiger partial charge in [-0.05, 0) is 29.8 Å². The highest BCUT2D eigenvalue weighted by atomic mass is 19.1. The summed E-state index contributed by atoms with van der Waals surface area (Å²) in [7, 11) is 0. The molecule has 0 atom stereocenters. The Balaban J connectivity index is 2.18. The van der Waals surface area contributed by atoms with Crippen molar-refractivity contribution in [1.82, 2.24) is 0 Å². The van der Waals surface area contributed by atoms with E-state index in [1.54, 1.807) is 24.3 Å². The smallest absolute Gasteiger partial charge is 0.335 e. The van der Waals surface area contributed by atoms with Crippen LogP contribution in [0.1, 0.15) is 28.4 Å². The summed E-state index contributed by atoms with van der Waals surface area (Å²) in [4.78, 5) is 22.0. The third-order valence-electron chi connectivity index (χ3n) is 3.01. The number of halogens is 1. The molecule has 23 heavy (non-hydrogen) atoms. The zero-order chi connectivity index (χ0) is 16.8. The Labute approximate surface area is 132 Å². The number of carboxylic acids is 1. The van der Waals surface area contributed by atoms with Gasteiger partial charge >= 0.3 is 11.9 Å². The monoisotopic (exact) mass is 318 g/mol. The molecule has 0 radical (unpaired) electrons. The second-order valence-electron chi connectivity index (χ2n) is 4.83. The van der Waals surface area contributed by atoms with Crippen LogP contribution >= 0.6 is 0 Å². The van der Waals surface area contributed by atoms with Gasteiger partial charge in [0.2, 0.25) is 0 Å². The predicted octanol–water partition coefficient (Wildman–Crippen LogP) is 3.17. The Morgan fingerprint density at radius 3 is 2.52 bits per heavy atom. The van der Waals surface area contributed by atoms with Gasteiger partial charge in [0.15, 0.2) is 0 Å². The molecule has 120 valence electrons. The SMILES string of the molecule is CC(=O)OCc1cc(OCc2ccccc2F)cc(C(=O)O)c1. The van der Waals surface area contributed by atoms with Crippen LogP contribution in [0.2, 0.25) is 0 Å². The van der Waals surface area contributed by atoms with Gasteiger partial charge in [-0.2, -0.15) is 0 Å². The van der Waals surface area contributed by atoms with E-state index in [0.29, 0.717) is 11.1 Å². The topological polar surface area (TPSA) is 72.8 Å². The van der Waals surface area contributed by atoms with E-state index in [4.69, 9.17) is 14.6 Å². The highest BCUT2D eigenvalue weighted by Gasteiger charge is 2.10. The number of aromatic carboxylic acids is 1. The minimum Gasteiger partial charge on any atom is -0.489 e. The van der Waals surface area contributed by atoms with Gasteiger partial charge in [-0.15, -0.1) is 0 Å². The lowest BCUT2D eigenvalue weighted by Crippen LogP contribution is -2.04. The van der Waals surface area contributed by atoms with Crippen molar-refractivity contribution in [3.05, 3.63) is 65.0 Å². The minimum absolute atomic E-state index is 0.00168. The lowest BCUT2D eigenvalue weighted by molar-refractivity contribution is -0.142. The van der Waals surface area contributed by atoms with Crippen molar-refractivity contribution in [1.29, 1.82) is 0 Å². The van der Waals surface area contributed by atoms with Crippen LogP contribution < -0.4 is 4.74 Å². The standard InChI is InChI=1S/C17H15FO5/c1-11(19)22-9-12-6-14(17(20)21)8-15(7-12)23-10-13-4-2-3-5-16(13)18/h2-8H,9-10H2,1H3,(H,20,21). The molecular formula is C17H15FO5. The number of esters is 1. The average molecular weight is 318 g/mol. The molecule has 0 spiro atoms. The molecular weight excluding hydrogens is 303 g/mol. The highest BCUT2D eigenvalue weighted by molar-refractivity contribution is 5.88. The Morgan fingerprint density at radius 2 is 1.87 bits per heavy atom. The summed E-state index contributed by atoms with van der Waals surface area (Å²) in [5.74, 6) is -1.75. The Hall–Kier alpha value is -2.89. The third kappa shape index (κ3) is 4.81. The first-order valence-corrected chi connectivity index (χ1v) is 6.82. The Morgan fingerprint density at radius 1 is 1.13 bits per heavy atom. The quantitative estimate of drug-likeness (QED) is 0.828. The van der Waals surface area contributed by atoms with Crippen LogP contribution in [0, 0.1) is 5.82 Å². The van der Waals surface area contributed by atoms with Crippen molar-refractivity contribution < 1.29 is 28.6 Å². The lowest BCUT2D eigenvalue weighted by Gasteiger charge is -2.10. The summed E-state index contributed by atoms with van der Waals surface area (Å²) in [6.45, 7) is 1.16. The number of benzene rings is 2. The first-order chi connectivity index (χ1) is 11.0. The van der Waals surface area contributed by atoms with E-state index in [2.05, 4.69) is 0 Å². The molecule has 5 nitrogen and oxygen atoms in total. The first-order valence-electron chi connectivity index (χ1n) is 6.82. The summed E-state index contributed by atoms with van der Waals surface area (Å²) in [5.41, 5.74) is 0.830. The van der Waals surface area contributed by atoms with Crippen molar-refractivity contribution in [2.24, 2.45) is 0 Å². The van der Waals surface area contributed by atoms with E-state index < -0.39 is 17.8 Å². The fourth-order valence-electron chi connectivity index (χ4n) is 1.91. The van der Waals surface area contributed by atoms with Crippen LogP contribution in [0.25, 0.3) is 0 Å². The molecule has 2 rings (SSSR count). The molecule has 0 heterocycles. The number of carbonyl (C=O) groups excluding carboxylic acids is 1. The van der Waals surface area contributed by atoms with Gasteiger partial charge in [0.05, 0.1) is 5.56 Å². The molecule has 0 aliphatic carbocycles. The van der Waals surface area contributed by atoms with Gasteiger partial charge in [-0.3, -0.25) is 4.79 Å². The molecule has 6 heteroatoms. The fraction of sp³-hybridized carbons (Fsp3) is 0.176. The zero-order valence-electron chi connectivity index (χ0n) is 12.4. The molecule has 0 aromatic heterocycles. The van der Waals surface area contributed by atoms with Crippen molar-refractivity contribution in [2.45, 2.75) is 20.1 Å². The van der Waals surface area contributed by atoms with Crippen LogP contribution in [-0.4, -0.2) is 17.0 Å². The van der Waals surface area contributed by atoms with Crippen molar-refractivity contribution in [3.8, 4) is 5.75 Å². The normalized spacial score (nSPS) is 10.2. The van der Waals surface area contributed by atoms with Crippen LogP contribution in [0.4, 0.5) is 4.39 Å². The molecule has 0 fully saturated rings. The summed E-state index contributed by atoms with van der Waals surface area (Å²) >= 11 is 0. The highest BCUT2D eigenvalue weighted by Crippen LogP contribution is 2.20. The summed E-state index contributed by atoms with van der Waals surface area (Å²) in [6.07, 6.45) is 0. The predicted molar refractivity (Wildman–Crippen MR) is 79.6 cm³/mol. The van der Waals surface area contributed by atoms with E-state index in [1.807, 2.05) is 0 Å². The maximum Gasteiger partial charge on any atom is 0.335 e. The molecule has 0 aliphatic rings. The van der Waals surface area contributed by atoms with Gasteiger partial charge in [0.25, 0.3) is 0 Å². The second-order valence-corrected chi connectivity index (χ2v) is 4.83. The van der Waals surface area contributed by atoms with Crippen LogP contribution in [-0.2, 0) is 22.7 Å². The lowest BCUT2D eigenvalue weighted by atomic mass is 10.1. The van der Waals surface area contributed by atoms with E-state index in [9.17, 15) is 14.0 Å². The van der Waals surface area contributed by atoms with Crippen LogP contribution in [0.15, 0.2) is 42.5 Å². The van der Waals surface area contributed by atoms with Crippen molar-refractivity contribution >= 4 is 11.9 Å². The van der Waals surface area contributed by atoms with E-state index in [0.717, 1.165) is 0 Å². The molecule has 0 unspecified atom stereocenters. The largest absolute Gasteiger partial charge is 0.489 e. The van der Waals surface area contributed by atoms with Crippen molar-refractivity contribution in [2.75, 3.05) is 0 Å². The van der Waals surface area contributed by atoms with Gasteiger partial charge in [0.1, 0.15) is 24.8 Å². The zero-order valence-corrected chi connectivity index (χ0v) is 12.4. The number of ether oxygens (including phenoxy) is 2. The van der Waals surface area contributed by atoms with E-state index in [1.165, 1.54) is 25.1 Å². The van der Waals surface area contributed by atoms with Gasteiger partial charge in [-0.25, -0.2) is 9.18 Å². The minimum atomic E-state index is -1.13. The number of carboxylic acid groups (broad SMARTS) is 1. The number of hydrogen-bond donors (Lipinski definition) is 1. The van der Waals surface area contributed by atoms with Crippen LogP contribution in [0.5, 0.6) is 5.75 Å². The second kappa shape index (κ2) is 7.40. The summed E-state index contributed by atoms with van der Waals surface area (Å²) in [6, 6.07) is 10.4. The molecule has 0 saturated carbocycles. The Kier molecular flexibility index (Phi) is 5.30. The summed E-state index contributed by atoms with van der Waals surface area (Å²) in [5, 5.41) is 9.12. The third-order valence-corrected chi connectivity index (χ3v) is 3.01. The maximum atomic E-state index is 13.6. The van der Waals surface area contributed by atoms with Gasteiger partial charge in [-0.1, -0.05) is 18.2 Å². The summed E-state index contributed by atoms with van der Waals surface area (Å²) < 4.78 is 23.9. The van der Waals surface area contributed by atoms with E-state index in [-0.39, 0.29) is 24.5 Å². The molecule has 0 saturated heterocycles. The molecule has 2 aromatic rings. The molecule has 0 amide bonds. The number of rotatable bonds is 6. The first kappa shape index (κ1) is 16.5. The number of carbonyl (C=O) groups is 2. The molecule has 0 bridgehead atoms. The van der Waals surface area contributed by atoms with Crippen molar-refractivity contribution in [3.63, 3.8) is 0 Å². The molecule has 2 aromatic carbocycles. The number of hydrogen-bond acceptors (Lipinski definition) is 4. The van der Waals surface area contributed by atoms with Crippen LogP contribution in [0.3, 0.4) is 0 Å².